The first kappa shape index (κ1) is 26.6. The number of halogens is 2. The van der Waals surface area contributed by atoms with Gasteiger partial charge in [-0.05, 0) is 88.6 Å². The number of carbonyl (C=O) groups is 4. The molecule has 2 N–H and O–H groups in total. The Morgan fingerprint density at radius 2 is 1.74 bits per heavy atom. The van der Waals surface area contributed by atoms with E-state index in [0.29, 0.717) is 28.1 Å². The maximum Gasteiger partial charge on any atom is 0.335 e. The van der Waals surface area contributed by atoms with E-state index in [2.05, 4.69) is 21.2 Å². The Morgan fingerprint density at radius 3 is 2.37 bits per heavy atom. The number of rotatable bonds is 8. The monoisotopic (exact) mass is 582 g/mol. The van der Waals surface area contributed by atoms with Crippen molar-refractivity contribution in [2.75, 3.05) is 11.5 Å². The Labute approximate surface area is 224 Å². The zero-order chi connectivity index (χ0) is 27.4. The molecule has 1 aliphatic heterocycles. The van der Waals surface area contributed by atoms with Crippen LogP contribution in [-0.4, -0.2) is 35.5 Å². The minimum atomic E-state index is -1.03. The van der Waals surface area contributed by atoms with Crippen molar-refractivity contribution in [2.45, 2.75) is 13.5 Å². The predicted molar refractivity (Wildman–Crippen MR) is 138 cm³/mol. The van der Waals surface area contributed by atoms with Gasteiger partial charge >= 0.3 is 12.0 Å². The number of benzene rings is 3. The van der Waals surface area contributed by atoms with Crippen LogP contribution in [0.4, 0.5) is 14.9 Å². The summed E-state index contributed by atoms with van der Waals surface area (Å²) in [6, 6.07) is 13.2. The van der Waals surface area contributed by atoms with Crippen LogP contribution < -0.4 is 19.7 Å². The maximum atomic E-state index is 13.3. The van der Waals surface area contributed by atoms with E-state index in [1.54, 1.807) is 31.2 Å². The molecule has 194 valence electrons. The molecule has 1 fully saturated rings. The number of aromatic carboxylic acids is 1. The first-order chi connectivity index (χ1) is 18.2. The lowest BCUT2D eigenvalue weighted by Gasteiger charge is -2.26. The van der Waals surface area contributed by atoms with Gasteiger partial charge in [0.2, 0.25) is 0 Å². The van der Waals surface area contributed by atoms with Crippen molar-refractivity contribution in [3.8, 4) is 11.5 Å². The summed E-state index contributed by atoms with van der Waals surface area (Å²) in [4.78, 5) is 49.8. The van der Waals surface area contributed by atoms with Gasteiger partial charge in [0.15, 0.2) is 11.5 Å². The Balaban J connectivity index is 1.62. The summed E-state index contributed by atoms with van der Waals surface area (Å²) in [5.41, 5.74) is 1.08. The molecule has 1 heterocycles. The number of hydrogen-bond acceptors (Lipinski definition) is 6. The first-order valence-corrected chi connectivity index (χ1v) is 12.1. The average molecular weight is 583 g/mol. The number of carboxylic acids is 1. The van der Waals surface area contributed by atoms with Crippen molar-refractivity contribution in [3.63, 3.8) is 0 Å². The van der Waals surface area contributed by atoms with Crippen molar-refractivity contribution >= 4 is 51.5 Å². The fourth-order valence-electron chi connectivity index (χ4n) is 3.62. The molecule has 11 heteroatoms. The number of urea groups is 1. The topological polar surface area (TPSA) is 122 Å². The van der Waals surface area contributed by atoms with Crippen LogP contribution in [0.25, 0.3) is 6.08 Å². The van der Waals surface area contributed by atoms with Crippen molar-refractivity contribution in [1.29, 1.82) is 0 Å². The van der Waals surface area contributed by atoms with Gasteiger partial charge in [0.05, 0.1) is 22.3 Å². The van der Waals surface area contributed by atoms with Gasteiger partial charge in [-0.3, -0.25) is 14.9 Å². The van der Waals surface area contributed by atoms with E-state index in [4.69, 9.17) is 14.6 Å². The average Bonchev–Trinajstić information content (AvgIpc) is 2.87. The lowest BCUT2D eigenvalue weighted by molar-refractivity contribution is -0.122. The number of anilines is 1. The van der Waals surface area contributed by atoms with Gasteiger partial charge in [-0.25, -0.2) is 18.9 Å². The second-order valence-electron chi connectivity index (χ2n) is 7.99. The van der Waals surface area contributed by atoms with Crippen LogP contribution in [0.5, 0.6) is 11.5 Å². The lowest BCUT2D eigenvalue weighted by Crippen LogP contribution is -2.54. The third kappa shape index (κ3) is 5.73. The molecule has 1 aliphatic rings. The summed E-state index contributed by atoms with van der Waals surface area (Å²) in [7, 11) is 0. The molecule has 4 amide bonds. The highest BCUT2D eigenvalue weighted by molar-refractivity contribution is 9.10. The summed E-state index contributed by atoms with van der Waals surface area (Å²) in [6.45, 7) is 2.19. The lowest BCUT2D eigenvalue weighted by atomic mass is 10.1. The number of carboxylic acid groups (broad SMARTS) is 1. The van der Waals surface area contributed by atoms with Crippen LogP contribution >= 0.6 is 15.9 Å². The molecule has 4 rings (SSSR count). The zero-order valence-corrected chi connectivity index (χ0v) is 21.5. The van der Waals surface area contributed by atoms with Gasteiger partial charge in [0.1, 0.15) is 18.0 Å². The largest absolute Gasteiger partial charge is 0.490 e. The molecule has 0 aromatic heterocycles. The molecule has 0 bridgehead atoms. The molecule has 3 aromatic rings. The highest BCUT2D eigenvalue weighted by Crippen LogP contribution is 2.38. The Kier molecular flexibility index (Phi) is 7.87. The van der Waals surface area contributed by atoms with E-state index in [1.165, 1.54) is 30.3 Å². The molecule has 0 unspecified atom stereocenters. The van der Waals surface area contributed by atoms with Crippen LogP contribution in [-0.2, 0) is 16.2 Å². The van der Waals surface area contributed by atoms with E-state index < -0.39 is 29.6 Å². The normalized spacial score (nSPS) is 14.4. The fourth-order valence-corrected chi connectivity index (χ4v) is 4.20. The third-order valence-electron chi connectivity index (χ3n) is 5.41. The van der Waals surface area contributed by atoms with E-state index in [1.807, 2.05) is 0 Å². The van der Waals surface area contributed by atoms with Crippen molar-refractivity contribution in [1.82, 2.24) is 5.32 Å². The van der Waals surface area contributed by atoms with Gasteiger partial charge in [-0.15, -0.1) is 0 Å². The molecule has 0 spiro atoms. The number of barbiturate groups is 1. The Morgan fingerprint density at radius 1 is 1.05 bits per heavy atom. The van der Waals surface area contributed by atoms with Crippen molar-refractivity contribution < 1.29 is 38.1 Å². The summed E-state index contributed by atoms with van der Waals surface area (Å²) in [5, 5.41) is 11.2. The first-order valence-electron chi connectivity index (χ1n) is 11.3. The van der Waals surface area contributed by atoms with E-state index in [0.717, 1.165) is 22.6 Å². The number of imide groups is 2. The van der Waals surface area contributed by atoms with Crippen LogP contribution in [0.1, 0.15) is 28.4 Å². The minimum absolute atomic E-state index is 0.101. The van der Waals surface area contributed by atoms with Gasteiger partial charge in [0, 0.05) is 0 Å². The fraction of sp³-hybridized carbons (Fsp3) is 0.111. The second-order valence-corrected chi connectivity index (χ2v) is 8.84. The Bertz CT molecular complexity index is 1450. The minimum Gasteiger partial charge on any atom is -0.490 e. The molecular formula is C27H20BrFN2O7. The van der Waals surface area contributed by atoms with Crippen LogP contribution in [0.3, 0.4) is 0 Å². The molecule has 0 radical (unpaired) electrons. The quantitative estimate of drug-likeness (QED) is 0.285. The van der Waals surface area contributed by atoms with Gasteiger partial charge in [-0.2, -0.15) is 0 Å². The number of amides is 4. The van der Waals surface area contributed by atoms with Crippen LogP contribution in [0.15, 0.2) is 70.7 Å². The van der Waals surface area contributed by atoms with E-state index in [-0.39, 0.29) is 23.4 Å². The Hall–Kier alpha value is -4.51. The number of ether oxygens (including phenoxy) is 2. The highest BCUT2D eigenvalue weighted by atomic mass is 79.9. The molecule has 9 nitrogen and oxygen atoms in total. The SMILES string of the molecule is CCOc1cc(/C=C2\C(=O)NC(=O)N(c3ccc(F)cc3)C2=O)cc(Br)c1OCc1ccc(C(=O)O)cc1. The number of nitrogens with one attached hydrogen (secondary N) is 1. The molecule has 38 heavy (non-hydrogen) atoms. The summed E-state index contributed by atoms with van der Waals surface area (Å²) < 4.78 is 25.4. The third-order valence-corrected chi connectivity index (χ3v) is 6.00. The van der Waals surface area contributed by atoms with Gasteiger partial charge in [0.25, 0.3) is 11.8 Å². The number of carbonyl (C=O) groups excluding carboxylic acids is 3. The standard InChI is InChI=1S/C27H20BrFN2O7/c1-2-37-22-13-16(12-21(28)23(22)38-14-15-3-5-17(6-4-15)26(34)35)11-20-24(32)30-27(36)31(25(20)33)19-9-7-18(29)8-10-19/h3-13H,2,14H2,1H3,(H,34,35)(H,30,32,36)/b20-11+. The van der Waals surface area contributed by atoms with Crippen LogP contribution in [0.2, 0.25) is 0 Å². The summed E-state index contributed by atoms with van der Waals surface area (Å²) in [5.74, 6) is -2.64. The number of hydrogen-bond donors (Lipinski definition) is 2. The van der Waals surface area contributed by atoms with Crippen LogP contribution in [0, 0.1) is 5.82 Å². The van der Waals surface area contributed by atoms with E-state index >= 15 is 0 Å². The molecule has 3 aromatic carbocycles. The summed E-state index contributed by atoms with van der Waals surface area (Å²) >= 11 is 3.43. The maximum absolute atomic E-state index is 13.3. The van der Waals surface area contributed by atoms with Crippen molar-refractivity contribution in [3.05, 3.63) is 93.2 Å². The highest BCUT2D eigenvalue weighted by Gasteiger charge is 2.37. The molecule has 0 atom stereocenters. The summed E-state index contributed by atoms with van der Waals surface area (Å²) in [6.07, 6.45) is 1.31. The van der Waals surface area contributed by atoms with Crippen molar-refractivity contribution in [2.24, 2.45) is 0 Å². The molecule has 0 aliphatic carbocycles. The van der Waals surface area contributed by atoms with Gasteiger partial charge in [-0.1, -0.05) is 12.1 Å². The zero-order valence-electron chi connectivity index (χ0n) is 19.9. The molecule has 1 saturated heterocycles. The predicted octanol–water partition coefficient (Wildman–Crippen LogP) is 4.93. The second kappa shape index (κ2) is 11.3. The molecular weight excluding hydrogens is 563 g/mol. The number of nitrogens with zero attached hydrogens (tertiary/aromatic N) is 1. The smallest absolute Gasteiger partial charge is 0.335 e. The molecule has 0 saturated carbocycles. The van der Waals surface area contributed by atoms with E-state index in [9.17, 15) is 23.6 Å². The van der Waals surface area contributed by atoms with Gasteiger partial charge < -0.3 is 14.6 Å².